The fraction of sp³-hybridized carbons (Fsp3) is 0.556. The predicted octanol–water partition coefficient (Wildman–Crippen LogP) is 5.25. The third-order valence-corrected chi connectivity index (χ3v) is 3.87. The van der Waals surface area contributed by atoms with Gasteiger partial charge in [-0.25, -0.2) is 0 Å². The van der Waals surface area contributed by atoms with Crippen molar-refractivity contribution in [1.82, 2.24) is 0 Å². The van der Waals surface area contributed by atoms with Crippen molar-refractivity contribution in [2.75, 3.05) is 0 Å². The zero-order valence-electron chi connectivity index (χ0n) is 13.8. The first-order chi connectivity index (χ1) is 9.25. The van der Waals surface area contributed by atoms with Crippen LogP contribution in [0, 0.1) is 5.92 Å². The van der Waals surface area contributed by atoms with E-state index in [2.05, 4.69) is 45.9 Å². The van der Waals surface area contributed by atoms with Gasteiger partial charge in [0.25, 0.3) is 0 Å². The van der Waals surface area contributed by atoms with Crippen molar-refractivity contribution >= 4 is 17.2 Å². The molecule has 1 atom stereocenters. The van der Waals surface area contributed by atoms with Gasteiger partial charge in [0, 0.05) is 5.71 Å². The summed E-state index contributed by atoms with van der Waals surface area (Å²) in [6.07, 6.45) is 0. The van der Waals surface area contributed by atoms with Crippen LogP contribution in [0.15, 0.2) is 23.2 Å². The van der Waals surface area contributed by atoms with Gasteiger partial charge in [0.05, 0.1) is 11.6 Å². The summed E-state index contributed by atoms with van der Waals surface area (Å²) in [5.41, 5.74) is 4.47. The Bertz CT molecular complexity index is 486. The number of rotatable bonds is 5. The standard InChI is InChI=1S/C18H27NO/c1-11(2)16-9-8-10-17(12(3)4)18(16)19-14(6)13(5)15(7)20/h8-13H,1-7H3/b19-14+. The van der Waals surface area contributed by atoms with Gasteiger partial charge in [-0.15, -0.1) is 0 Å². The number of hydrogen-bond acceptors (Lipinski definition) is 2. The third kappa shape index (κ3) is 3.78. The van der Waals surface area contributed by atoms with E-state index < -0.39 is 0 Å². The average Bonchev–Trinajstić information content (AvgIpc) is 2.37. The summed E-state index contributed by atoms with van der Waals surface area (Å²) >= 11 is 0. The molecule has 1 unspecified atom stereocenters. The first-order valence-corrected chi connectivity index (χ1v) is 7.44. The SMILES string of the molecule is CC(=O)C(C)/C(C)=N/c1c(C(C)C)cccc1C(C)C. The molecule has 0 spiro atoms. The molecular formula is C18H27NO. The van der Waals surface area contributed by atoms with E-state index in [0.717, 1.165) is 11.4 Å². The number of ketones is 1. The molecule has 110 valence electrons. The van der Waals surface area contributed by atoms with Crippen LogP contribution in [0.3, 0.4) is 0 Å². The van der Waals surface area contributed by atoms with Crippen LogP contribution in [0.25, 0.3) is 0 Å². The molecule has 0 N–H and O–H groups in total. The molecule has 0 aliphatic rings. The van der Waals surface area contributed by atoms with E-state index in [1.807, 2.05) is 13.8 Å². The minimum atomic E-state index is -0.116. The summed E-state index contributed by atoms with van der Waals surface area (Å²) in [5, 5.41) is 0. The largest absolute Gasteiger partial charge is 0.299 e. The number of Topliss-reactive ketones (excluding diaryl/α,β-unsaturated/α-hetero) is 1. The second-order valence-corrected chi connectivity index (χ2v) is 6.18. The molecule has 0 saturated carbocycles. The third-order valence-electron chi connectivity index (χ3n) is 3.87. The van der Waals surface area contributed by atoms with Crippen molar-refractivity contribution in [3.05, 3.63) is 29.3 Å². The molecule has 0 fully saturated rings. The highest BCUT2D eigenvalue weighted by Crippen LogP contribution is 2.35. The summed E-state index contributed by atoms with van der Waals surface area (Å²) in [4.78, 5) is 16.4. The van der Waals surface area contributed by atoms with E-state index in [1.165, 1.54) is 11.1 Å². The van der Waals surface area contributed by atoms with E-state index in [0.29, 0.717) is 11.8 Å². The quantitative estimate of drug-likeness (QED) is 0.674. The molecule has 0 heterocycles. The van der Waals surface area contributed by atoms with Crippen LogP contribution < -0.4 is 0 Å². The summed E-state index contributed by atoms with van der Waals surface area (Å²) in [7, 11) is 0. The van der Waals surface area contributed by atoms with Crippen molar-refractivity contribution in [1.29, 1.82) is 0 Å². The lowest BCUT2D eigenvalue weighted by Gasteiger charge is -2.18. The Labute approximate surface area is 123 Å². The van der Waals surface area contributed by atoms with Gasteiger partial charge >= 0.3 is 0 Å². The molecule has 0 bridgehead atoms. The number of para-hydroxylation sites is 1. The molecular weight excluding hydrogens is 246 g/mol. The summed E-state index contributed by atoms with van der Waals surface area (Å²) in [6.45, 7) is 14.2. The Kier molecular flexibility index (Phi) is 5.67. The Balaban J connectivity index is 3.41. The minimum Gasteiger partial charge on any atom is -0.299 e. The first kappa shape index (κ1) is 16.6. The monoisotopic (exact) mass is 273 g/mol. The van der Waals surface area contributed by atoms with Gasteiger partial charge in [0.1, 0.15) is 5.78 Å². The maximum absolute atomic E-state index is 11.5. The Hall–Kier alpha value is -1.44. The van der Waals surface area contributed by atoms with Crippen LogP contribution in [-0.2, 0) is 4.79 Å². The van der Waals surface area contributed by atoms with Crippen LogP contribution in [0.5, 0.6) is 0 Å². The van der Waals surface area contributed by atoms with E-state index in [9.17, 15) is 4.79 Å². The molecule has 2 heteroatoms. The first-order valence-electron chi connectivity index (χ1n) is 7.44. The molecule has 0 amide bonds. The van der Waals surface area contributed by atoms with E-state index in [1.54, 1.807) is 6.92 Å². The minimum absolute atomic E-state index is 0.116. The summed E-state index contributed by atoms with van der Waals surface area (Å²) < 4.78 is 0. The molecule has 0 aliphatic heterocycles. The fourth-order valence-corrected chi connectivity index (χ4v) is 2.21. The highest BCUT2D eigenvalue weighted by atomic mass is 16.1. The Morgan fingerprint density at radius 1 is 0.950 bits per heavy atom. The number of hydrogen-bond donors (Lipinski definition) is 0. The maximum atomic E-state index is 11.5. The van der Waals surface area contributed by atoms with E-state index in [4.69, 9.17) is 4.99 Å². The highest BCUT2D eigenvalue weighted by molar-refractivity contribution is 6.03. The normalized spacial score (nSPS) is 13.9. The lowest BCUT2D eigenvalue weighted by atomic mass is 9.92. The molecule has 0 saturated heterocycles. The van der Waals surface area contributed by atoms with Crippen LogP contribution in [0.4, 0.5) is 5.69 Å². The molecule has 0 aromatic heterocycles. The average molecular weight is 273 g/mol. The highest BCUT2D eigenvalue weighted by Gasteiger charge is 2.16. The second-order valence-electron chi connectivity index (χ2n) is 6.18. The van der Waals surface area contributed by atoms with Crippen molar-refractivity contribution in [2.24, 2.45) is 10.9 Å². The van der Waals surface area contributed by atoms with Gasteiger partial charge in [-0.3, -0.25) is 9.79 Å². The zero-order chi connectivity index (χ0) is 15.4. The number of carbonyl (C=O) groups excluding carboxylic acids is 1. The van der Waals surface area contributed by atoms with Gasteiger partial charge in [-0.05, 0) is 36.8 Å². The van der Waals surface area contributed by atoms with Crippen molar-refractivity contribution < 1.29 is 4.79 Å². The number of nitrogens with zero attached hydrogens (tertiary/aromatic N) is 1. The van der Waals surface area contributed by atoms with Gasteiger partial charge in [0.2, 0.25) is 0 Å². The smallest absolute Gasteiger partial charge is 0.138 e. The van der Waals surface area contributed by atoms with Gasteiger partial charge < -0.3 is 0 Å². The number of benzene rings is 1. The fourth-order valence-electron chi connectivity index (χ4n) is 2.21. The topological polar surface area (TPSA) is 29.4 Å². The molecule has 20 heavy (non-hydrogen) atoms. The van der Waals surface area contributed by atoms with Crippen LogP contribution in [-0.4, -0.2) is 11.5 Å². The molecule has 1 aromatic rings. The molecule has 1 aromatic carbocycles. The van der Waals surface area contributed by atoms with Crippen molar-refractivity contribution in [2.45, 2.75) is 60.3 Å². The molecule has 0 aliphatic carbocycles. The number of aliphatic imine (C=N–C) groups is 1. The lowest BCUT2D eigenvalue weighted by molar-refractivity contribution is -0.118. The molecule has 1 rings (SSSR count). The summed E-state index contributed by atoms with van der Waals surface area (Å²) in [5.74, 6) is 0.898. The van der Waals surface area contributed by atoms with Crippen molar-refractivity contribution in [3.63, 3.8) is 0 Å². The van der Waals surface area contributed by atoms with Gasteiger partial charge in [-0.2, -0.15) is 0 Å². The van der Waals surface area contributed by atoms with Crippen LogP contribution in [0.2, 0.25) is 0 Å². The van der Waals surface area contributed by atoms with Crippen molar-refractivity contribution in [3.8, 4) is 0 Å². The van der Waals surface area contributed by atoms with E-state index >= 15 is 0 Å². The van der Waals surface area contributed by atoms with Crippen LogP contribution >= 0.6 is 0 Å². The number of carbonyl (C=O) groups is 1. The van der Waals surface area contributed by atoms with E-state index in [-0.39, 0.29) is 11.7 Å². The zero-order valence-corrected chi connectivity index (χ0v) is 13.8. The summed E-state index contributed by atoms with van der Waals surface area (Å²) in [6, 6.07) is 6.38. The lowest BCUT2D eigenvalue weighted by Crippen LogP contribution is -2.15. The maximum Gasteiger partial charge on any atom is 0.138 e. The molecule has 2 nitrogen and oxygen atoms in total. The molecule has 0 radical (unpaired) electrons. The van der Waals surface area contributed by atoms with Crippen LogP contribution in [0.1, 0.15) is 71.4 Å². The van der Waals surface area contributed by atoms with Gasteiger partial charge in [-0.1, -0.05) is 52.8 Å². The van der Waals surface area contributed by atoms with Gasteiger partial charge in [0.15, 0.2) is 0 Å². The second kappa shape index (κ2) is 6.83. The Morgan fingerprint density at radius 2 is 1.40 bits per heavy atom. The Morgan fingerprint density at radius 3 is 1.75 bits per heavy atom. The predicted molar refractivity (Wildman–Crippen MR) is 87.2 cm³/mol.